The summed E-state index contributed by atoms with van der Waals surface area (Å²) < 4.78 is 5.49. The zero-order chi connectivity index (χ0) is 13.2. The molecule has 0 spiro atoms. The molecule has 2 N–H and O–H groups in total. The zero-order valence-corrected chi connectivity index (χ0v) is 11.8. The second-order valence-corrected chi connectivity index (χ2v) is 6.39. The van der Waals surface area contributed by atoms with Crippen LogP contribution in [0.1, 0.15) is 81.8 Å². The average molecular weight is 263 g/mol. The molecular weight excluding hydrogens is 238 g/mol. The van der Waals surface area contributed by atoms with Gasteiger partial charge in [0.25, 0.3) is 0 Å². The summed E-state index contributed by atoms with van der Waals surface area (Å²) in [6.45, 7) is 2.29. The summed E-state index contributed by atoms with van der Waals surface area (Å²) >= 11 is 0. The van der Waals surface area contributed by atoms with Gasteiger partial charge in [0.05, 0.1) is 0 Å². The van der Waals surface area contributed by atoms with Crippen LogP contribution in [0.2, 0.25) is 0 Å². The topological polar surface area (TPSA) is 64.9 Å². The van der Waals surface area contributed by atoms with Crippen LogP contribution in [0.5, 0.6) is 0 Å². The standard InChI is InChI=1S/C15H25N3O/c1-2-10-3-5-11(6-4-10)14-17-15(19-18-14)12-7-8-13(16)9-12/h10-13H,2-9,16H2,1H3. The number of nitrogens with two attached hydrogens (primary N) is 1. The minimum absolute atomic E-state index is 0.320. The lowest BCUT2D eigenvalue weighted by atomic mass is 9.80. The van der Waals surface area contributed by atoms with Crippen molar-refractivity contribution in [2.45, 2.75) is 76.2 Å². The molecule has 0 radical (unpaired) electrons. The van der Waals surface area contributed by atoms with E-state index in [1.807, 2.05) is 0 Å². The minimum atomic E-state index is 0.320. The molecule has 2 atom stereocenters. The molecule has 1 heterocycles. The fourth-order valence-electron chi connectivity index (χ4n) is 3.65. The maximum Gasteiger partial charge on any atom is 0.229 e. The first-order chi connectivity index (χ1) is 9.26. The van der Waals surface area contributed by atoms with E-state index >= 15 is 0 Å². The maximum atomic E-state index is 5.95. The van der Waals surface area contributed by atoms with Crippen molar-refractivity contribution in [3.05, 3.63) is 11.7 Å². The summed E-state index contributed by atoms with van der Waals surface area (Å²) in [6.07, 6.45) is 9.59. The number of rotatable bonds is 3. The highest BCUT2D eigenvalue weighted by atomic mass is 16.5. The fourth-order valence-corrected chi connectivity index (χ4v) is 3.65. The lowest BCUT2D eigenvalue weighted by Gasteiger charge is -2.25. The molecule has 2 fully saturated rings. The van der Waals surface area contributed by atoms with E-state index in [-0.39, 0.29) is 0 Å². The average Bonchev–Trinajstić information content (AvgIpc) is 3.07. The lowest BCUT2D eigenvalue weighted by Crippen LogP contribution is -2.14. The first-order valence-corrected chi connectivity index (χ1v) is 7.85. The number of hydrogen-bond acceptors (Lipinski definition) is 4. The normalized spacial score (nSPS) is 35.7. The fraction of sp³-hybridized carbons (Fsp3) is 0.867. The Labute approximate surface area is 115 Å². The van der Waals surface area contributed by atoms with E-state index < -0.39 is 0 Å². The van der Waals surface area contributed by atoms with Crippen molar-refractivity contribution in [2.24, 2.45) is 11.7 Å². The Hall–Kier alpha value is -0.900. The van der Waals surface area contributed by atoms with Crippen molar-refractivity contribution in [3.63, 3.8) is 0 Å². The molecule has 0 bridgehead atoms. The van der Waals surface area contributed by atoms with E-state index in [1.165, 1.54) is 32.1 Å². The Kier molecular flexibility index (Phi) is 3.87. The third-order valence-corrected chi connectivity index (χ3v) is 5.07. The highest BCUT2D eigenvalue weighted by molar-refractivity contribution is 5.03. The highest BCUT2D eigenvalue weighted by Gasteiger charge is 2.30. The van der Waals surface area contributed by atoms with Crippen molar-refractivity contribution in [2.75, 3.05) is 0 Å². The van der Waals surface area contributed by atoms with Crippen molar-refractivity contribution >= 4 is 0 Å². The van der Waals surface area contributed by atoms with Crippen LogP contribution in [0.25, 0.3) is 0 Å². The van der Waals surface area contributed by atoms with Crippen molar-refractivity contribution < 1.29 is 4.52 Å². The van der Waals surface area contributed by atoms with Gasteiger partial charge in [-0.25, -0.2) is 0 Å². The Morgan fingerprint density at radius 2 is 1.84 bits per heavy atom. The monoisotopic (exact) mass is 263 g/mol. The zero-order valence-electron chi connectivity index (χ0n) is 11.8. The summed E-state index contributed by atoms with van der Waals surface area (Å²) in [5.74, 6) is 3.62. The minimum Gasteiger partial charge on any atom is -0.339 e. The van der Waals surface area contributed by atoms with Gasteiger partial charge in [-0.2, -0.15) is 4.98 Å². The van der Waals surface area contributed by atoms with Crippen LogP contribution in [0.15, 0.2) is 4.52 Å². The first kappa shape index (κ1) is 13.1. The van der Waals surface area contributed by atoms with E-state index in [1.54, 1.807) is 0 Å². The first-order valence-electron chi connectivity index (χ1n) is 7.85. The van der Waals surface area contributed by atoms with Crippen molar-refractivity contribution in [3.8, 4) is 0 Å². The van der Waals surface area contributed by atoms with Crippen LogP contribution >= 0.6 is 0 Å². The molecule has 0 aromatic carbocycles. The van der Waals surface area contributed by atoms with E-state index in [0.29, 0.717) is 17.9 Å². The van der Waals surface area contributed by atoms with Gasteiger partial charge in [-0.05, 0) is 50.9 Å². The molecule has 19 heavy (non-hydrogen) atoms. The molecule has 1 aromatic heterocycles. The molecule has 106 valence electrons. The van der Waals surface area contributed by atoms with Crippen LogP contribution in [0.3, 0.4) is 0 Å². The van der Waals surface area contributed by atoms with E-state index in [0.717, 1.165) is 36.9 Å². The summed E-state index contributed by atoms with van der Waals surface area (Å²) in [4.78, 5) is 4.67. The van der Waals surface area contributed by atoms with Gasteiger partial charge < -0.3 is 10.3 Å². The summed E-state index contributed by atoms with van der Waals surface area (Å²) in [7, 11) is 0. The second-order valence-electron chi connectivity index (χ2n) is 6.39. The third-order valence-electron chi connectivity index (χ3n) is 5.07. The van der Waals surface area contributed by atoms with E-state index in [4.69, 9.17) is 10.3 Å². The smallest absolute Gasteiger partial charge is 0.229 e. The van der Waals surface area contributed by atoms with Crippen LogP contribution in [0.4, 0.5) is 0 Å². The molecule has 4 nitrogen and oxygen atoms in total. The molecule has 0 amide bonds. The van der Waals surface area contributed by atoms with Crippen molar-refractivity contribution in [1.82, 2.24) is 10.1 Å². The van der Waals surface area contributed by atoms with E-state index in [9.17, 15) is 0 Å². The third kappa shape index (κ3) is 2.83. The summed E-state index contributed by atoms with van der Waals surface area (Å²) in [5, 5.41) is 4.23. The SMILES string of the molecule is CCC1CCC(c2noc(C3CCC(N)C3)n2)CC1. The molecule has 0 saturated heterocycles. The molecule has 2 aliphatic carbocycles. The number of aromatic nitrogens is 2. The van der Waals surface area contributed by atoms with Gasteiger partial charge in [0.15, 0.2) is 5.82 Å². The quantitative estimate of drug-likeness (QED) is 0.908. The van der Waals surface area contributed by atoms with Crippen LogP contribution in [-0.2, 0) is 0 Å². The Bertz CT molecular complexity index is 409. The Morgan fingerprint density at radius 3 is 2.47 bits per heavy atom. The summed E-state index contributed by atoms with van der Waals surface area (Å²) in [6, 6.07) is 0.320. The van der Waals surface area contributed by atoms with Crippen molar-refractivity contribution in [1.29, 1.82) is 0 Å². The van der Waals surface area contributed by atoms with Gasteiger partial charge in [-0.15, -0.1) is 0 Å². The molecule has 3 rings (SSSR count). The van der Waals surface area contributed by atoms with Gasteiger partial charge >= 0.3 is 0 Å². The molecule has 4 heteroatoms. The van der Waals surface area contributed by atoms with Gasteiger partial charge in [0, 0.05) is 17.9 Å². The van der Waals surface area contributed by atoms with Crippen LogP contribution in [0, 0.1) is 5.92 Å². The number of hydrogen-bond donors (Lipinski definition) is 1. The Morgan fingerprint density at radius 1 is 1.11 bits per heavy atom. The number of nitrogens with zero attached hydrogens (tertiary/aromatic N) is 2. The second kappa shape index (κ2) is 5.61. The molecule has 2 unspecified atom stereocenters. The molecule has 1 aromatic rings. The highest BCUT2D eigenvalue weighted by Crippen LogP contribution is 2.37. The molecule has 0 aliphatic heterocycles. The van der Waals surface area contributed by atoms with Crippen LogP contribution < -0.4 is 5.73 Å². The van der Waals surface area contributed by atoms with Gasteiger partial charge in [0.1, 0.15) is 0 Å². The summed E-state index contributed by atoms with van der Waals surface area (Å²) in [5.41, 5.74) is 5.95. The predicted octanol–water partition coefficient (Wildman–Crippen LogP) is 3.35. The molecular formula is C15H25N3O. The van der Waals surface area contributed by atoms with Gasteiger partial charge in [-0.3, -0.25) is 0 Å². The lowest BCUT2D eigenvalue weighted by molar-refractivity contribution is 0.301. The van der Waals surface area contributed by atoms with Crippen LogP contribution in [-0.4, -0.2) is 16.2 Å². The molecule has 2 saturated carbocycles. The van der Waals surface area contributed by atoms with Gasteiger partial charge in [-0.1, -0.05) is 18.5 Å². The van der Waals surface area contributed by atoms with E-state index in [2.05, 4.69) is 17.1 Å². The molecule has 2 aliphatic rings. The largest absolute Gasteiger partial charge is 0.339 e. The van der Waals surface area contributed by atoms with Gasteiger partial charge in [0.2, 0.25) is 5.89 Å². The maximum absolute atomic E-state index is 5.95. The predicted molar refractivity (Wildman–Crippen MR) is 73.9 cm³/mol. The Balaban J connectivity index is 1.62.